The Labute approximate surface area is 152 Å². The molecule has 2 heterocycles. The average Bonchev–Trinajstić information content (AvgIpc) is 3.01. The Kier molecular flexibility index (Phi) is 5.63. The summed E-state index contributed by atoms with van der Waals surface area (Å²) in [5.74, 6) is 1.67. The van der Waals surface area contributed by atoms with Crippen LogP contribution in [0.4, 0.5) is 5.82 Å². The van der Waals surface area contributed by atoms with Crippen molar-refractivity contribution in [3.8, 4) is 0 Å². The number of fused-ring (bicyclic) bond motifs is 1. The summed E-state index contributed by atoms with van der Waals surface area (Å²) >= 11 is 1.81. The van der Waals surface area contributed by atoms with Gasteiger partial charge in [-0.1, -0.05) is 12.1 Å². The average molecular weight is 356 g/mol. The highest BCUT2D eigenvalue weighted by atomic mass is 32.1. The third kappa shape index (κ3) is 3.98. The molecule has 0 spiro atoms. The van der Waals surface area contributed by atoms with Crippen LogP contribution in [0.2, 0.25) is 0 Å². The van der Waals surface area contributed by atoms with Crippen molar-refractivity contribution >= 4 is 28.1 Å². The molecule has 25 heavy (non-hydrogen) atoms. The number of likely N-dealkylation sites (N-methyl/N-ethyl adjacent to an activating group) is 1. The molecule has 0 fully saturated rings. The van der Waals surface area contributed by atoms with E-state index < -0.39 is 0 Å². The molecule has 5 nitrogen and oxygen atoms in total. The van der Waals surface area contributed by atoms with Crippen LogP contribution in [-0.4, -0.2) is 42.1 Å². The van der Waals surface area contributed by atoms with Crippen molar-refractivity contribution in [2.45, 2.75) is 19.4 Å². The van der Waals surface area contributed by atoms with Crippen LogP contribution in [0, 0.1) is 6.92 Å². The molecule has 1 aromatic carbocycles. The molecule has 2 aromatic heterocycles. The lowest BCUT2D eigenvalue weighted by molar-refractivity contribution is 0.315. The number of nitrogens with one attached hydrogen (secondary N) is 1. The van der Waals surface area contributed by atoms with Gasteiger partial charge < -0.3 is 16.0 Å². The molecule has 0 radical (unpaired) electrons. The van der Waals surface area contributed by atoms with Crippen molar-refractivity contribution in [1.29, 1.82) is 0 Å². The van der Waals surface area contributed by atoms with Crippen molar-refractivity contribution in [2.75, 3.05) is 32.5 Å². The molecule has 0 bridgehead atoms. The van der Waals surface area contributed by atoms with E-state index in [0.29, 0.717) is 19.0 Å². The number of aromatic nitrogens is 2. The van der Waals surface area contributed by atoms with Gasteiger partial charge in [-0.05, 0) is 56.7 Å². The zero-order chi connectivity index (χ0) is 17.8. The van der Waals surface area contributed by atoms with E-state index in [2.05, 4.69) is 53.7 Å². The summed E-state index contributed by atoms with van der Waals surface area (Å²) in [6.45, 7) is 3.51. The number of para-hydroxylation sites is 1. The number of rotatable bonds is 7. The summed E-state index contributed by atoms with van der Waals surface area (Å²) in [6, 6.07) is 10.6. The summed E-state index contributed by atoms with van der Waals surface area (Å²) in [6.07, 6.45) is 0.681. The number of anilines is 1. The van der Waals surface area contributed by atoms with Gasteiger partial charge >= 0.3 is 0 Å². The highest BCUT2D eigenvalue weighted by molar-refractivity contribution is 7.10. The largest absolute Gasteiger partial charge is 0.367 e. The molecule has 1 atom stereocenters. The normalized spacial score (nSPS) is 12.7. The number of nitrogens with two attached hydrogens (primary N) is 1. The minimum Gasteiger partial charge on any atom is -0.367 e. The predicted octanol–water partition coefficient (Wildman–Crippen LogP) is 3.22. The first-order chi connectivity index (χ1) is 12.1. The number of aryl methyl sites for hydroxylation is 1. The van der Waals surface area contributed by atoms with Crippen LogP contribution in [0.25, 0.3) is 10.9 Å². The van der Waals surface area contributed by atoms with Gasteiger partial charge in [0.2, 0.25) is 0 Å². The molecule has 6 heteroatoms. The number of hydrogen-bond donors (Lipinski definition) is 2. The van der Waals surface area contributed by atoms with Crippen LogP contribution >= 0.6 is 11.3 Å². The first-order valence-corrected chi connectivity index (χ1v) is 9.38. The molecule has 3 N–H and O–H groups in total. The van der Waals surface area contributed by atoms with E-state index in [-0.39, 0.29) is 0 Å². The lowest BCUT2D eigenvalue weighted by atomic mass is 10.1. The van der Waals surface area contributed by atoms with Gasteiger partial charge in [0.25, 0.3) is 0 Å². The predicted molar refractivity (Wildman–Crippen MR) is 106 cm³/mol. The first kappa shape index (κ1) is 17.8. The molecule has 3 rings (SSSR count). The molecule has 1 unspecified atom stereocenters. The quantitative estimate of drug-likeness (QED) is 0.681. The summed E-state index contributed by atoms with van der Waals surface area (Å²) in [7, 11) is 4.23. The Hall–Kier alpha value is -2.02. The summed E-state index contributed by atoms with van der Waals surface area (Å²) in [4.78, 5) is 13.0. The fourth-order valence-corrected chi connectivity index (χ4v) is 4.05. The van der Waals surface area contributed by atoms with Crippen LogP contribution < -0.4 is 11.1 Å². The Morgan fingerprint density at radius 1 is 1.20 bits per heavy atom. The van der Waals surface area contributed by atoms with E-state index in [1.54, 1.807) is 11.3 Å². The maximum atomic E-state index is 5.69. The van der Waals surface area contributed by atoms with E-state index in [0.717, 1.165) is 29.1 Å². The summed E-state index contributed by atoms with van der Waals surface area (Å²) < 4.78 is 0. The Bertz CT molecular complexity index is 843. The number of benzene rings is 1. The number of nitrogens with zero attached hydrogens (tertiary/aromatic N) is 3. The van der Waals surface area contributed by atoms with Crippen molar-refractivity contribution < 1.29 is 0 Å². The molecule has 0 saturated carbocycles. The zero-order valence-electron chi connectivity index (χ0n) is 15.0. The fraction of sp³-hybridized carbons (Fsp3) is 0.368. The molecule has 0 saturated heterocycles. The lowest BCUT2D eigenvalue weighted by Crippen LogP contribution is -2.27. The molecular weight excluding hydrogens is 330 g/mol. The summed E-state index contributed by atoms with van der Waals surface area (Å²) in [5.41, 5.74) is 7.98. The van der Waals surface area contributed by atoms with E-state index >= 15 is 0 Å². The van der Waals surface area contributed by atoms with Crippen molar-refractivity contribution in [3.05, 3.63) is 52.0 Å². The fourth-order valence-electron chi connectivity index (χ4n) is 2.93. The lowest BCUT2D eigenvalue weighted by Gasteiger charge is -2.25. The molecule has 0 aliphatic rings. The molecular formula is C19H25N5S. The maximum absolute atomic E-state index is 5.69. The Balaban J connectivity index is 1.90. The van der Waals surface area contributed by atoms with Crippen LogP contribution in [0.1, 0.15) is 22.3 Å². The van der Waals surface area contributed by atoms with Gasteiger partial charge in [-0.15, -0.1) is 11.3 Å². The molecule has 3 aromatic rings. The number of thiophene rings is 1. The minimum atomic E-state index is 0.298. The van der Waals surface area contributed by atoms with Gasteiger partial charge in [-0.3, -0.25) is 0 Å². The second-order valence-electron chi connectivity index (χ2n) is 6.37. The van der Waals surface area contributed by atoms with E-state index in [4.69, 9.17) is 10.7 Å². The third-order valence-corrected chi connectivity index (χ3v) is 5.43. The van der Waals surface area contributed by atoms with Crippen LogP contribution in [0.15, 0.2) is 35.7 Å². The van der Waals surface area contributed by atoms with Gasteiger partial charge in [-0.2, -0.15) is 0 Å². The van der Waals surface area contributed by atoms with Crippen molar-refractivity contribution in [3.63, 3.8) is 0 Å². The van der Waals surface area contributed by atoms with Gasteiger partial charge in [0.15, 0.2) is 0 Å². The molecule has 0 amide bonds. The van der Waals surface area contributed by atoms with E-state index in [1.165, 1.54) is 10.4 Å². The highest BCUT2D eigenvalue weighted by Crippen LogP contribution is 2.28. The van der Waals surface area contributed by atoms with Gasteiger partial charge in [0.1, 0.15) is 11.6 Å². The Morgan fingerprint density at radius 3 is 2.68 bits per heavy atom. The molecule has 0 aliphatic heterocycles. The minimum absolute atomic E-state index is 0.298. The second-order valence-corrected chi connectivity index (χ2v) is 7.32. The zero-order valence-corrected chi connectivity index (χ0v) is 15.8. The number of hydrogen-bond acceptors (Lipinski definition) is 6. The second kappa shape index (κ2) is 7.91. The third-order valence-electron chi connectivity index (χ3n) is 4.31. The monoisotopic (exact) mass is 355 g/mol. The van der Waals surface area contributed by atoms with Gasteiger partial charge in [0.05, 0.1) is 11.6 Å². The Morgan fingerprint density at radius 2 is 2.00 bits per heavy atom. The van der Waals surface area contributed by atoms with Gasteiger partial charge in [0, 0.05) is 23.2 Å². The van der Waals surface area contributed by atoms with Gasteiger partial charge in [-0.25, -0.2) is 9.97 Å². The molecule has 132 valence electrons. The topological polar surface area (TPSA) is 67.1 Å². The van der Waals surface area contributed by atoms with Crippen LogP contribution in [0.3, 0.4) is 0 Å². The SMILES string of the molecule is Cc1ccsc1C(CNc1nc(CCN)nc2ccccc12)N(C)C. The molecule has 0 aliphatic carbocycles. The van der Waals surface area contributed by atoms with E-state index in [1.807, 2.05) is 18.2 Å². The highest BCUT2D eigenvalue weighted by Gasteiger charge is 2.18. The van der Waals surface area contributed by atoms with Crippen molar-refractivity contribution in [2.24, 2.45) is 5.73 Å². The van der Waals surface area contributed by atoms with E-state index in [9.17, 15) is 0 Å². The smallest absolute Gasteiger partial charge is 0.137 e. The maximum Gasteiger partial charge on any atom is 0.137 e. The van der Waals surface area contributed by atoms with Crippen LogP contribution in [0.5, 0.6) is 0 Å². The first-order valence-electron chi connectivity index (χ1n) is 8.50. The van der Waals surface area contributed by atoms with Crippen molar-refractivity contribution in [1.82, 2.24) is 14.9 Å². The standard InChI is InChI=1S/C19H25N5S/c1-13-9-11-25-18(13)16(24(2)3)12-21-19-14-6-4-5-7-15(14)22-17(23-19)8-10-20/h4-7,9,11,16H,8,10,12,20H2,1-3H3,(H,21,22,23). The van der Waals surface area contributed by atoms with Crippen LogP contribution in [-0.2, 0) is 6.42 Å². The summed E-state index contributed by atoms with van der Waals surface area (Å²) in [5, 5.41) is 6.75.